The Hall–Kier alpha value is -0.120. The molecule has 0 radical (unpaired) electrons. The Kier molecular flexibility index (Phi) is 2.05. The van der Waals surface area contributed by atoms with Crippen molar-refractivity contribution in [2.45, 2.75) is 31.6 Å². The van der Waals surface area contributed by atoms with Gasteiger partial charge in [-0.05, 0) is 6.92 Å². The van der Waals surface area contributed by atoms with Gasteiger partial charge in [-0.1, -0.05) is 0 Å². The van der Waals surface area contributed by atoms with E-state index in [9.17, 15) is 0 Å². The molecule has 0 aromatic carbocycles. The largest absolute Gasteiger partial charge is 0.391 e. The van der Waals surface area contributed by atoms with Gasteiger partial charge in [0.05, 0.1) is 24.9 Å². The molecule has 3 heteroatoms. The molecule has 3 N–H and O–H groups in total. The van der Waals surface area contributed by atoms with Gasteiger partial charge in [-0.25, -0.2) is 0 Å². The Balaban J connectivity index is 2.35. The molecule has 1 heterocycles. The van der Waals surface area contributed by atoms with Gasteiger partial charge in [-0.3, -0.25) is 0 Å². The van der Waals surface area contributed by atoms with Crippen LogP contribution in [-0.4, -0.2) is 30.0 Å². The van der Waals surface area contributed by atoms with Gasteiger partial charge in [0.1, 0.15) is 0 Å². The van der Waals surface area contributed by atoms with Crippen molar-refractivity contribution in [1.29, 1.82) is 0 Å². The van der Waals surface area contributed by atoms with E-state index in [2.05, 4.69) is 0 Å². The summed E-state index contributed by atoms with van der Waals surface area (Å²) < 4.78 is 5.18. The lowest BCUT2D eigenvalue weighted by Crippen LogP contribution is -2.45. The highest BCUT2D eigenvalue weighted by Crippen LogP contribution is 2.11. The summed E-state index contributed by atoms with van der Waals surface area (Å²) in [5.41, 5.74) is 5.47. The molecule has 9 heavy (non-hydrogen) atoms. The highest BCUT2D eigenvalue weighted by Gasteiger charge is 2.23. The van der Waals surface area contributed by atoms with E-state index >= 15 is 0 Å². The van der Waals surface area contributed by atoms with Crippen LogP contribution in [0.1, 0.15) is 13.3 Å². The predicted molar refractivity (Wildman–Crippen MR) is 34.0 cm³/mol. The molecule has 0 saturated carbocycles. The average molecular weight is 131 g/mol. The highest BCUT2D eigenvalue weighted by atomic mass is 16.5. The summed E-state index contributed by atoms with van der Waals surface area (Å²) >= 11 is 0. The van der Waals surface area contributed by atoms with Gasteiger partial charge in [0, 0.05) is 6.42 Å². The minimum absolute atomic E-state index is 0.166. The van der Waals surface area contributed by atoms with E-state index in [0.717, 1.165) is 0 Å². The van der Waals surface area contributed by atoms with Crippen LogP contribution in [0, 0.1) is 0 Å². The lowest BCUT2D eigenvalue weighted by molar-refractivity contribution is -0.0480. The van der Waals surface area contributed by atoms with Crippen molar-refractivity contribution in [1.82, 2.24) is 0 Å². The van der Waals surface area contributed by atoms with E-state index in [4.69, 9.17) is 15.6 Å². The summed E-state index contributed by atoms with van der Waals surface area (Å²) in [4.78, 5) is 0. The Morgan fingerprint density at radius 3 is 2.78 bits per heavy atom. The first-order valence-corrected chi connectivity index (χ1v) is 3.25. The Bertz CT molecular complexity index is 97.1. The van der Waals surface area contributed by atoms with Gasteiger partial charge in [0.15, 0.2) is 0 Å². The zero-order valence-electron chi connectivity index (χ0n) is 5.58. The predicted octanol–water partition coefficient (Wildman–Crippen LogP) is -0.517. The smallest absolute Gasteiger partial charge is 0.0738 e. The molecule has 1 aliphatic heterocycles. The summed E-state index contributed by atoms with van der Waals surface area (Å²) in [5.74, 6) is 0. The molecule has 0 bridgehead atoms. The maximum absolute atomic E-state index is 9.14. The number of aliphatic hydroxyl groups is 1. The first-order chi connectivity index (χ1) is 4.20. The van der Waals surface area contributed by atoms with E-state index in [1.807, 2.05) is 6.92 Å². The third-order valence-electron chi connectivity index (χ3n) is 1.64. The van der Waals surface area contributed by atoms with Crippen LogP contribution in [-0.2, 0) is 4.74 Å². The van der Waals surface area contributed by atoms with E-state index in [0.29, 0.717) is 13.0 Å². The lowest BCUT2D eigenvalue weighted by atomic mass is 10.0. The van der Waals surface area contributed by atoms with Crippen LogP contribution in [0.4, 0.5) is 0 Å². The second kappa shape index (κ2) is 2.64. The Labute approximate surface area is 54.8 Å². The van der Waals surface area contributed by atoms with Gasteiger partial charge in [-0.2, -0.15) is 0 Å². The molecule has 0 aliphatic carbocycles. The van der Waals surface area contributed by atoms with E-state index in [1.165, 1.54) is 0 Å². The fraction of sp³-hybridized carbons (Fsp3) is 1.00. The number of nitrogens with two attached hydrogens (primary N) is 1. The second-order valence-electron chi connectivity index (χ2n) is 2.61. The number of hydrogen-bond donors (Lipinski definition) is 2. The third kappa shape index (κ3) is 1.64. The highest BCUT2D eigenvalue weighted by molar-refractivity contribution is 4.78. The second-order valence-corrected chi connectivity index (χ2v) is 2.61. The minimum Gasteiger partial charge on any atom is -0.391 e. The Morgan fingerprint density at radius 1 is 1.67 bits per heavy atom. The SMILES string of the molecule is CC1CC(O)[C@@H](N)CO1. The monoisotopic (exact) mass is 131 g/mol. The van der Waals surface area contributed by atoms with Crippen LogP contribution in [0.5, 0.6) is 0 Å². The van der Waals surface area contributed by atoms with E-state index < -0.39 is 0 Å². The van der Waals surface area contributed by atoms with Gasteiger partial charge < -0.3 is 15.6 Å². The quantitative estimate of drug-likeness (QED) is 0.465. The fourth-order valence-corrected chi connectivity index (χ4v) is 0.969. The molecule has 0 aromatic heterocycles. The summed E-state index contributed by atoms with van der Waals surface area (Å²) in [7, 11) is 0. The first-order valence-electron chi connectivity index (χ1n) is 3.25. The van der Waals surface area contributed by atoms with Crippen molar-refractivity contribution < 1.29 is 9.84 Å². The van der Waals surface area contributed by atoms with Crippen LogP contribution in [0.3, 0.4) is 0 Å². The number of ether oxygens (including phenoxy) is 1. The zero-order chi connectivity index (χ0) is 6.85. The molecule has 3 atom stereocenters. The molecule has 0 aromatic rings. The summed E-state index contributed by atoms with van der Waals surface area (Å²) in [6, 6.07) is -0.179. The van der Waals surface area contributed by atoms with E-state index in [-0.39, 0.29) is 18.2 Å². The molecular formula is C6H13NO2. The summed E-state index contributed by atoms with van der Waals surface area (Å²) in [6.45, 7) is 2.43. The molecular weight excluding hydrogens is 118 g/mol. The molecule has 1 rings (SSSR count). The van der Waals surface area contributed by atoms with Crippen molar-refractivity contribution in [2.75, 3.05) is 6.61 Å². The molecule has 0 amide bonds. The molecule has 54 valence electrons. The van der Waals surface area contributed by atoms with Crippen molar-refractivity contribution in [2.24, 2.45) is 5.73 Å². The van der Waals surface area contributed by atoms with Gasteiger partial charge >= 0.3 is 0 Å². The third-order valence-corrected chi connectivity index (χ3v) is 1.64. The molecule has 1 fully saturated rings. The zero-order valence-corrected chi connectivity index (χ0v) is 5.58. The van der Waals surface area contributed by atoms with Gasteiger partial charge in [-0.15, -0.1) is 0 Å². The minimum atomic E-state index is -0.367. The summed E-state index contributed by atoms with van der Waals surface area (Å²) in [6.07, 6.45) is 0.467. The van der Waals surface area contributed by atoms with Crippen LogP contribution in [0.2, 0.25) is 0 Å². The van der Waals surface area contributed by atoms with Crippen molar-refractivity contribution >= 4 is 0 Å². The normalized spacial score (nSPS) is 45.0. The van der Waals surface area contributed by atoms with E-state index in [1.54, 1.807) is 0 Å². The van der Waals surface area contributed by atoms with Gasteiger partial charge in [0.2, 0.25) is 0 Å². The van der Waals surface area contributed by atoms with Crippen molar-refractivity contribution in [3.8, 4) is 0 Å². The maximum Gasteiger partial charge on any atom is 0.0738 e. The van der Waals surface area contributed by atoms with Crippen molar-refractivity contribution in [3.63, 3.8) is 0 Å². The van der Waals surface area contributed by atoms with Crippen LogP contribution in [0.25, 0.3) is 0 Å². The number of hydrogen-bond acceptors (Lipinski definition) is 3. The van der Waals surface area contributed by atoms with Gasteiger partial charge in [0.25, 0.3) is 0 Å². The van der Waals surface area contributed by atoms with Crippen LogP contribution >= 0.6 is 0 Å². The fourth-order valence-electron chi connectivity index (χ4n) is 0.969. The maximum atomic E-state index is 9.14. The average Bonchev–Trinajstić information content (AvgIpc) is 1.80. The van der Waals surface area contributed by atoms with Crippen LogP contribution in [0.15, 0.2) is 0 Å². The molecule has 1 aliphatic rings. The molecule has 0 spiro atoms. The molecule has 2 unspecified atom stereocenters. The number of rotatable bonds is 0. The summed E-state index contributed by atoms with van der Waals surface area (Å²) in [5, 5.41) is 9.14. The molecule has 3 nitrogen and oxygen atoms in total. The standard InChI is InChI=1S/C6H13NO2/c1-4-2-6(8)5(7)3-9-4/h4-6,8H,2-3,7H2,1H3/t4?,5-,6?/m0/s1. The topological polar surface area (TPSA) is 55.5 Å². The lowest BCUT2D eigenvalue weighted by Gasteiger charge is -2.28. The molecule has 1 saturated heterocycles. The first kappa shape index (κ1) is 6.99. The van der Waals surface area contributed by atoms with Crippen molar-refractivity contribution in [3.05, 3.63) is 0 Å². The Morgan fingerprint density at radius 2 is 2.33 bits per heavy atom. The van der Waals surface area contributed by atoms with Crippen LogP contribution < -0.4 is 5.73 Å². The number of aliphatic hydroxyl groups excluding tert-OH is 1.